The first kappa shape index (κ1) is 12.8. The van der Waals surface area contributed by atoms with Crippen LogP contribution in [-0.2, 0) is 4.79 Å². The zero-order chi connectivity index (χ0) is 15.3. The number of hydrogen-bond donors (Lipinski definition) is 1. The van der Waals surface area contributed by atoms with Crippen molar-refractivity contribution in [2.75, 3.05) is 5.32 Å². The van der Waals surface area contributed by atoms with Crippen molar-refractivity contribution in [3.63, 3.8) is 0 Å². The van der Waals surface area contributed by atoms with Crippen LogP contribution >= 0.6 is 0 Å². The van der Waals surface area contributed by atoms with Crippen molar-refractivity contribution < 1.29 is 9.53 Å². The molecule has 6 heteroatoms. The predicted molar refractivity (Wildman–Crippen MR) is 81.9 cm³/mol. The van der Waals surface area contributed by atoms with E-state index in [0.29, 0.717) is 17.2 Å². The molecule has 3 heterocycles. The van der Waals surface area contributed by atoms with Crippen molar-refractivity contribution in [2.24, 2.45) is 0 Å². The molecule has 1 aromatic carbocycles. The number of benzene rings is 1. The lowest BCUT2D eigenvalue weighted by atomic mass is 10.1. The van der Waals surface area contributed by atoms with Gasteiger partial charge in [-0.1, -0.05) is 0 Å². The molecule has 0 bridgehead atoms. The molecule has 4 rings (SSSR count). The van der Waals surface area contributed by atoms with E-state index in [2.05, 4.69) is 15.3 Å². The van der Waals surface area contributed by atoms with Gasteiger partial charge in [0.1, 0.15) is 5.75 Å². The van der Waals surface area contributed by atoms with Crippen molar-refractivity contribution in [1.29, 1.82) is 0 Å². The summed E-state index contributed by atoms with van der Waals surface area (Å²) in [6.07, 6.45) is 3.17. The normalized spacial score (nSPS) is 17.0. The number of nitrogens with one attached hydrogen (secondary N) is 1. The van der Waals surface area contributed by atoms with Crippen LogP contribution in [0.15, 0.2) is 36.7 Å². The zero-order valence-electron chi connectivity index (χ0n) is 12.2. The Morgan fingerprint density at radius 2 is 2.23 bits per heavy atom. The molecule has 0 fully saturated rings. The van der Waals surface area contributed by atoms with Gasteiger partial charge in [-0.05, 0) is 38.1 Å². The number of hydrogen-bond acceptors (Lipinski definition) is 4. The molecule has 0 saturated carbocycles. The van der Waals surface area contributed by atoms with Crippen LogP contribution in [0.2, 0.25) is 0 Å². The van der Waals surface area contributed by atoms with Gasteiger partial charge in [-0.25, -0.2) is 9.97 Å². The molecule has 0 saturated heterocycles. The second kappa shape index (κ2) is 4.56. The standard InChI is InChI=1S/C16H14N4O2/c1-9-14(19-16-17-6-3-7-20(9)16)11-4-5-13-12(8-11)18-15(21)10(2)22-13/h3-8,10H,1-2H3,(H,18,21). The number of amides is 1. The summed E-state index contributed by atoms with van der Waals surface area (Å²) < 4.78 is 7.51. The highest BCUT2D eigenvalue weighted by Crippen LogP contribution is 2.34. The number of aromatic nitrogens is 3. The van der Waals surface area contributed by atoms with Crippen LogP contribution < -0.4 is 10.1 Å². The molecule has 1 aliphatic heterocycles. The molecule has 2 aromatic heterocycles. The Labute approximate surface area is 126 Å². The lowest BCUT2D eigenvalue weighted by molar-refractivity contribution is -0.122. The minimum absolute atomic E-state index is 0.141. The number of fused-ring (bicyclic) bond motifs is 2. The number of anilines is 1. The third-order valence-corrected chi connectivity index (χ3v) is 3.83. The van der Waals surface area contributed by atoms with Crippen LogP contribution in [0.5, 0.6) is 5.75 Å². The highest BCUT2D eigenvalue weighted by Gasteiger charge is 2.24. The average molecular weight is 294 g/mol. The molecule has 1 atom stereocenters. The van der Waals surface area contributed by atoms with E-state index in [1.54, 1.807) is 13.1 Å². The van der Waals surface area contributed by atoms with Gasteiger partial charge in [0.2, 0.25) is 5.78 Å². The van der Waals surface area contributed by atoms with E-state index in [1.165, 1.54) is 0 Å². The van der Waals surface area contributed by atoms with Gasteiger partial charge in [0.05, 0.1) is 11.4 Å². The summed E-state index contributed by atoms with van der Waals surface area (Å²) in [5.41, 5.74) is 3.43. The number of ether oxygens (including phenoxy) is 1. The third-order valence-electron chi connectivity index (χ3n) is 3.83. The SMILES string of the molecule is Cc1c(-c2ccc3c(c2)NC(=O)C(C)O3)nc2ncccn12. The summed E-state index contributed by atoms with van der Waals surface area (Å²) in [7, 11) is 0. The number of imidazole rings is 1. The maximum Gasteiger partial charge on any atom is 0.265 e. The van der Waals surface area contributed by atoms with Crippen molar-refractivity contribution in [2.45, 2.75) is 20.0 Å². The summed E-state index contributed by atoms with van der Waals surface area (Å²) in [4.78, 5) is 20.6. The number of aryl methyl sites for hydroxylation is 1. The second-order valence-corrected chi connectivity index (χ2v) is 5.30. The molecule has 1 aliphatic rings. The van der Waals surface area contributed by atoms with Gasteiger partial charge < -0.3 is 10.1 Å². The largest absolute Gasteiger partial charge is 0.479 e. The van der Waals surface area contributed by atoms with Crippen LogP contribution in [0.25, 0.3) is 17.0 Å². The van der Waals surface area contributed by atoms with Gasteiger partial charge in [0.25, 0.3) is 5.91 Å². The van der Waals surface area contributed by atoms with Gasteiger partial charge in [0.15, 0.2) is 6.10 Å². The van der Waals surface area contributed by atoms with E-state index in [0.717, 1.165) is 17.0 Å². The highest BCUT2D eigenvalue weighted by molar-refractivity contribution is 5.98. The monoisotopic (exact) mass is 294 g/mol. The minimum Gasteiger partial charge on any atom is -0.479 e. The van der Waals surface area contributed by atoms with E-state index in [1.807, 2.05) is 41.8 Å². The Kier molecular flexibility index (Phi) is 2.66. The molecule has 3 aromatic rings. The number of nitrogens with zero attached hydrogens (tertiary/aromatic N) is 3. The summed E-state index contributed by atoms with van der Waals surface area (Å²) in [5, 5.41) is 2.86. The maximum atomic E-state index is 11.7. The Morgan fingerprint density at radius 3 is 3.05 bits per heavy atom. The number of carbonyl (C=O) groups is 1. The van der Waals surface area contributed by atoms with E-state index in [4.69, 9.17) is 4.74 Å². The van der Waals surface area contributed by atoms with Gasteiger partial charge in [-0.15, -0.1) is 0 Å². The van der Waals surface area contributed by atoms with E-state index in [-0.39, 0.29) is 5.91 Å². The Bertz CT molecular complexity index is 900. The van der Waals surface area contributed by atoms with Gasteiger partial charge in [-0.2, -0.15) is 0 Å². The first-order valence-electron chi connectivity index (χ1n) is 7.05. The average Bonchev–Trinajstić information content (AvgIpc) is 2.86. The zero-order valence-corrected chi connectivity index (χ0v) is 12.2. The van der Waals surface area contributed by atoms with Crippen LogP contribution in [0.3, 0.4) is 0 Å². The lowest BCUT2D eigenvalue weighted by Gasteiger charge is -2.23. The summed E-state index contributed by atoms with van der Waals surface area (Å²) >= 11 is 0. The van der Waals surface area contributed by atoms with Crippen LogP contribution in [0.1, 0.15) is 12.6 Å². The fourth-order valence-corrected chi connectivity index (χ4v) is 2.63. The topological polar surface area (TPSA) is 68.5 Å². The molecular weight excluding hydrogens is 280 g/mol. The molecule has 1 unspecified atom stereocenters. The quantitative estimate of drug-likeness (QED) is 0.748. The van der Waals surface area contributed by atoms with Crippen molar-refractivity contribution in [3.8, 4) is 17.0 Å². The van der Waals surface area contributed by atoms with Crippen molar-refractivity contribution in [3.05, 3.63) is 42.4 Å². The second-order valence-electron chi connectivity index (χ2n) is 5.30. The van der Waals surface area contributed by atoms with Crippen LogP contribution in [0, 0.1) is 6.92 Å². The van der Waals surface area contributed by atoms with Crippen LogP contribution in [0.4, 0.5) is 5.69 Å². The maximum absolute atomic E-state index is 11.7. The molecule has 0 spiro atoms. The van der Waals surface area contributed by atoms with Crippen molar-refractivity contribution in [1.82, 2.24) is 14.4 Å². The fraction of sp³-hybridized carbons (Fsp3) is 0.188. The molecule has 6 nitrogen and oxygen atoms in total. The first-order valence-corrected chi connectivity index (χ1v) is 7.05. The molecule has 0 radical (unpaired) electrons. The third kappa shape index (κ3) is 1.84. The van der Waals surface area contributed by atoms with Crippen LogP contribution in [-0.4, -0.2) is 26.4 Å². The van der Waals surface area contributed by atoms with Gasteiger partial charge >= 0.3 is 0 Å². The number of rotatable bonds is 1. The lowest BCUT2D eigenvalue weighted by Crippen LogP contribution is -2.34. The van der Waals surface area contributed by atoms with E-state index >= 15 is 0 Å². The molecule has 110 valence electrons. The Morgan fingerprint density at radius 1 is 1.36 bits per heavy atom. The summed E-state index contributed by atoms with van der Waals surface area (Å²) in [6.45, 7) is 3.72. The van der Waals surface area contributed by atoms with E-state index < -0.39 is 6.10 Å². The molecular formula is C16H14N4O2. The summed E-state index contributed by atoms with van der Waals surface area (Å²) in [6, 6.07) is 7.55. The minimum atomic E-state index is -0.473. The Balaban J connectivity index is 1.84. The predicted octanol–water partition coefficient (Wildman–Crippen LogP) is 2.42. The van der Waals surface area contributed by atoms with Crippen molar-refractivity contribution >= 4 is 17.4 Å². The van der Waals surface area contributed by atoms with Gasteiger partial charge in [0, 0.05) is 23.7 Å². The molecule has 1 N–H and O–H groups in total. The highest BCUT2D eigenvalue weighted by atomic mass is 16.5. The molecule has 0 aliphatic carbocycles. The first-order chi connectivity index (χ1) is 10.6. The number of carbonyl (C=O) groups excluding carboxylic acids is 1. The summed E-state index contributed by atoms with van der Waals surface area (Å²) in [5.74, 6) is 1.19. The smallest absolute Gasteiger partial charge is 0.265 e. The fourth-order valence-electron chi connectivity index (χ4n) is 2.63. The molecule has 22 heavy (non-hydrogen) atoms. The Hall–Kier alpha value is -2.89. The molecule has 1 amide bonds. The van der Waals surface area contributed by atoms with E-state index in [9.17, 15) is 4.79 Å². The van der Waals surface area contributed by atoms with Gasteiger partial charge in [-0.3, -0.25) is 9.20 Å².